The van der Waals surface area contributed by atoms with Gasteiger partial charge in [0.1, 0.15) is 5.01 Å². The fraction of sp³-hybridized carbons (Fsp3) is 0.158. The Morgan fingerprint density at radius 1 is 1.15 bits per heavy atom. The van der Waals surface area contributed by atoms with Crippen LogP contribution in [-0.4, -0.2) is 10.9 Å². The second-order valence-electron chi connectivity index (χ2n) is 5.80. The third kappa shape index (κ3) is 5.40. The number of carbonyl (C=O) groups excluding carboxylic acids is 1. The summed E-state index contributed by atoms with van der Waals surface area (Å²) in [7, 11) is 0. The minimum absolute atomic E-state index is 0.116. The van der Waals surface area contributed by atoms with Crippen molar-refractivity contribution in [1.82, 2.24) is 10.3 Å². The van der Waals surface area contributed by atoms with Crippen LogP contribution in [0.4, 0.5) is 13.2 Å². The number of carbonyl (C=O) groups is 1. The minimum Gasteiger partial charge on any atom is -0.352 e. The van der Waals surface area contributed by atoms with Gasteiger partial charge in [0.05, 0.1) is 17.7 Å². The molecule has 0 bridgehead atoms. The van der Waals surface area contributed by atoms with Gasteiger partial charge in [0.25, 0.3) is 0 Å². The Kier molecular flexibility index (Phi) is 5.96. The number of alkyl halides is 3. The Labute approximate surface area is 166 Å². The Bertz CT molecular complexity index is 939. The van der Waals surface area contributed by atoms with Crippen molar-refractivity contribution >= 4 is 33.2 Å². The number of thiazole rings is 1. The summed E-state index contributed by atoms with van der Waals surface area (Å²) in [5.41, 5.74) is 1.51. The molecule has 0 aliphatic carbocycles. The van der Waals surface area contributed by atoms with Crippen LogP contribution < -0.4 is 5.32 Å². The maximum atomic E-state index is 12.5. The van der Waals surface area contributed by atoms with Gasteiger partial charge in [-0.2, -0.15) is 13.2 Å². The van der Waals surface area contributed by atoms with Crippen molar-refractivity contribution in [2.75, 3.05) is 0 Å². The van der Waals surface area contributed by atoms with Crippen LogP contribution in [0.1, 0.15) is 16.8 Å². The third-order valence-electron chi connectivity index (χ3n) is 3.74. The van der Waals surface area contributed by atoms with E-state index in [0.717, 1.165) is 27.2 Å². The first kappa shape index (κ1) is 19.6. The summed E-state index contributed by atoms with van der Waals surface area (Å²) < 4.78 is 38.6. The molecule has 0 aliphatic rings. The number of amides is 1. The van der Waals surface area contributed by atoms with Gasteiger partial charge in [0, 0.05) is 22.0 Å². The molecular formula is C19H14BrF3N2OS. The average molecular weight is 455 g/mol. The SMILES string of the molecule is O=C(Cc1csc(-c2cccc(Br)c2)n1)NCc1ccc(C(F)(F)F)cc1. The summed E-state index contributed by atoms with van der Waals surface area (Å²) in [6.07, 6.45) is -4.25. The second-order valence-corrected chi connectivity index (χ2v) is 7.58. The van der Waals surface area contributed by atoms with E-state index in [9.17, 15) is 18.0 Å². The number of hydrogen-bond donors (Lipinski definition) is 1. The molecular weight excluding hydrogens is 441 g/mol. The molecule has 1 amide bonds. The highest BCUT2D eigenvalue weighted by Gasteiger charge is 2.29. The maximum Gasteiger partial charge on any atom is 0.416 e. The fourth-order valence-electron chi connectivity index (χ4n) is 2.38. The van der Waals surface area contributed by atoms with Gasteiger partial charge in [0.2, 0.25) is 5.91 Å². The maximum absolute atomic E-state index is 12.5. The molecule has 0 unspecified atom stereocenters. The molecule has 3 rings (SSSR count). The summed E-state index contributed by atoms with van der Waals surface area (Å²) in [6.45, 7) is 0.166. The van der Waals surface area contributed by atoms with E-state index in [1.165, 1.54) is 23.5 Å². The van der Waals surface area contributed by atoms with Crippen LogP contribution in [0.3, 0.4) is 0 Å². The summed E-state index contributed by atoms with van der Waals surface area (Å²) in [6, 6.07) is 12.5. The van der Waals surface area contributed by atoms with E-state index < -0.39 is 11.7 Å². The second kappa shape index (κ2) is 8.22. The van der Waals surface area contributed by atoms with E-state index in [4.69, 9.17) is 0 Å². The minimum atomic E-state index is -4.36. The van der Waals surface area contributed by atoms with Crippen molar-refractivity contribution in [3.8, 4) is 10.6 Å². The van der Waals surface area contributed by atoms with Gasteiger partial charge in [-0.1, -0.05) is 40.2 Å². The fourth-order valence-corrected chi connectivity index (χ4v) is 3.60. The summed E-state index contributed by atoms with van der Waals surface area (Å²) in [4.78, 5) is 16.5. The molecule has 3 nitrogen and oxygen atoms in total. The summed E-state index contributed by atoms with van der Waals surface area (Å²) in [5.74, 6) is -0.235. The number of halogens is 4. The van der Waals surface area contributed by atoms with Crippen LogP contribution in [0.2, 0.25) is 0 Å². The standard InChI is InChI=1S/C19H14BrF3N2OS/c20-15-3-1-2-13(8-15)18-25-16(11-27-18)9-17(26)24-10-12-4-6-14(7-5-12)19(21,22)23/h1-8,11H,9-10H2,(H,24,26). The van der Waals surface area contributed by atoms with Gasteiger partial charge in [-0.3, -0.25) is 4.79 Å². The molecule has 140 valence electrons. The van der Waals surface area contributed by atoms with Crippen molar-refractivity contribution < 1.29 is 18.0 Å². The lowest BCUT2D eigenvalue weighted by Crippen LogP contribution is -2.24. The summed E-state index contributed by atoms with van der Waals surface area (Å²) >= 11 is 4.87. The van der Waals surface area contributed by atoms with Crippen LogP contribution in [0.15, 0.2) is 58.4 Å². The van der Waals surface area contributed by atoms with Gasteiger partial charge >= 0.3 is 6.18 Å². The predicted molar refractivity (Wildman–Crippen MR) is 102 cm³/mol. The number of benzene rings is 2. The number of rotatable bonds is 5. The van der Waals surface area contributed by atoms with Gasteiger partial charge in [-0.25, -0.2) is 4.98 Å². The lowest BCUT2D eigenvalue weighted by Gasteiger charge is -2.08. The molecule has 2 aromatic carbocycles. The first-order valence-electron chi connectivity index (χ1n) is 7.94. The zero-order valence-corrected chi connectivity index (χ0v) is 16.3. The molecule has 3 aromatic rings. The molecule has 1 N–H and O–H groups in total. The molecule has 27 heavy (non-hydrogen) atoms. The van der Waals surface area contributed by atoms with Crippen molar-refractivity contribution in [2.24, 2.45) is 0 Å². The molecule has 0 atom stereocenters. The zero-order valence-electron chi connectivity index (χ0n) is 13.9. The lowest BCUT2D eigenvalue weighted by atomic mass is 10.1. The highest BCUT2D eigenvalue weighted by Crippen LogP contribution is 2.29. The van der Waals surface area contributed by atoms with E-state index in [1.807, 2.05) is 29.6 Å². The van der Waals surface area contributed by atoms with Gasteiger partial charge in [-0.15, -0.1) is 11.3 Å². The first-order valence-corrected chi connectivity index (χ1v) is 9.62. The number of aromatic nitrogens is 1. The van der Waals surface area contributed by atoms with E-state index in [2.05, 4.69) is 26.2 Å². The van der Waals surface area contributed by atoms with Crippen molar-refractivity contribution in [3.05, 3.63) is 75.2 Å². The highest BCUT2D eigenvalue weighted by atomic mass is 79.9. The Balaban J connectivity index is 1.55. The monoisotopic (exact) mass is 454 g/mol. The molecule has 0 spiro atoms. The van der Waals surface area contributed by atoms with Crippen molar-refractivity contribution in [1.29, 1.82) is 0 Å². The Morgan fingerprint density at radius 3 is 2.56 bits per heavy atom. The molecule has 0 radical (unpaired) electrons. The van der Waals surface area contributed by atoms with Gasteiger partial charge in [0.15, 0.2) is 0 Å². The topological polar surface area (TPSA) is 42.0 Å². The smallest absolute Gasteiger partial charge is 0.352 e. The van der Waals surface area contributed by atoms with Crippen LogP contribution in [0, 0.1) is 0 Å². The molecule has 8 heteroatoms. The van der Waals surface area contributed by atoms with Crippen LogP contribution >= 0.6 is 27.3 Å². The molecule has 1 aromatic heterocycles. The molecule has 0 saturated heterocycles. The van der Waals surface area contributed by atoms with Crippen LogP contribution in [-0.2, 0) is 23.9 Å². The van der Waals surface area contributed by atoms with Crippen LogP contribution in [0.25, 0.3) is 10.6 Å². The van der Waals surface area contributed by atoms with E-state index >= 15 is 0 Å². The van der Waals surface area contributed by atoms with Gasteiger partial charge in [-0.05, 0) is 29.8 Å². The number of hydrogen-bond acceptors (Lipinski definition) is 3. The molecule has 0 aliphatic heterocycles. The highest BCUT2D eigenvalue weighted by molar-refractivity contribution is 9.10. The van der Waals surface area contributed by atoms with Crippen LogP contribution in [0.5, 0.6) is 0 Å². The Morgan fingerprint density at radius 2 is 1.89 bits per heavy atom. The number of nitrogens with one attached hydrogen (secondary N) is 1. The van der Waals surface area contributed by atoms with E-state index in [-0.39, 0.29) is 18.9 Å². The van der Waals surface area contributed by atoms with Gasteiger partial charge < -0.3 is 5.32 Å². The Hall–Kier alpha value is -2.19. The summed E-state index contributed by atoms with van der Waals surface area (Å²) in [5, 5.41) is 5.35. The average Bonchev–Trinajstić information content (AvgIpc) is 3.08. The molecule has 0 fully saturated rings. The zero-order chi connectivity index (χ0) is 19.4. The molecule has 0 saturated carbocycles. The van der Waals surface area contributed by atoms with E-state index in [0.29, 0.717) is 11.3 Å². The van der Waals surface area contributed by atoms with Crippen molar-refractivity contribution in [3.63, 3.8) is 0 Å². The van der Waals surface area contributed by atoms with Crippen molar-refractivity contribution in [2.45, 2.75) is 19.1 Å². The third-order valence-corrected chi connectivity index (χ3v) is 5.17. The predicted octanol–water partition coefficient (Wildman–Crippen LogP) is 5.45. The quantitative estimate of drug-likeness (QED) is 0.556. The van der Waals surface area contributed by atoms with E-state index in [1.54, 1.807) is 0 Å². The largest absolute Gasteiger partial charge is 0.416 e. The lowest BCUT2D eigenvalue weighted by molar-refractivity contribution is -0.137. The number of nitrogens with zero attached hydrogens (tertiary/aromatic N) is 1. The first-order chi connectivity index (χ1) is 12.8. The molecule has 1 heterocycles. The normalized spacial score (nSPS) is 11.4.